The van der Waals surface area contributed by atoms with Gasteiger partial charge in [-0.25, -0.2) is 5.43 Å². The molecule has 0 aromatic heterocycles. The molecule has 0 aromatic carbocycles. The second-order valence-electron chi connectivity index (χ2n) is 3.14. The van der Waals surface area contributed by atoms with E-state index in [0.29, 0.717) is 6.42 Å². The van der Waals surface area contributed by atoms with Crippen molar-refractivity contribution in [1.82, 2.24) is 5.43 Å². The van der Waals surface area contributed by atoms with E-state index in [1.165, 1.54) is 0 Å². The van der Waals surface area contributed by atoms with Crippen LogP contribution in [0.5, 0.6) is 0 Å². The number of rotatable bonds is 0. The van der Waals surface area contributed by atoms with Crippen LogP contribution >= 0.6 is 0 Å². The molecule has 1 saturated heterocycles. The van der Waals surface area contributed by atoms with Crippen LogP contribution in [0, 0.1) is 0 Å². The summed E-state index contributed by atoms with van der Waals surface area (Å²) >= 11 is 0. The number of carbonyl (C=O) groups excluding carboxylic acids is 1. The van der Waals surface area contributed by atoms with Crippen LogP contribution in [0.2, 0.25) is 0 Å². The molecule has 1 fully saturated rings. The first-order chi connectivity index (χ1) is 5.86. The van der Waals surface area contributed by atoms with Gasteiger partial charge in [0.1, 0.15) is 0 Å². The van der Waals surface area contributed by atoms with Gasteiger partial charge in [-0.1, -0.05) is 0 Å². The van der Waals surface area contributed by atoms with Gasteiger partial charge >= 0.3 is 0 Å². The van der Waals surface area contributed by atoms with Crippen LogP contribution in [0.25, 0.3) is 0 Å². The van der Waals surface area contributed by atoms with Gasteiger partial charge in [-0.3, -0.25) is 4.79 Å². The van der Waals surface area contributed by atoms with Crippen molar-refractivity contribution in [2.45, 2.75) is 31.8 Å². The van der Waals surface area contributed by atoms with Gasteiger partial charge < -0.3 is 4.74 Å². The van der Waals surface area contributed by atoms with Crippen LogP contribution in [-0.2, 0) is 9.53 Å². The molecule has 2 aliphatic rings. The van der Waals surface area contributed by atoms with E-state index >= 15 is 0 Å². The van der Waals surface area contributed by atoms with Crippen LogP contribution in [0.1, 0.15) is 25.7 Å². The molecule has 0 aromatic rings. The van der Waals surface area contributed by atoms with Crippen LogP contribution in [-0.4, -0.2) is 24.3 Å². The van der Waals surface area contributed by atoms with Crippen molar-refractivity contribution in [3.63, 3.8) is 0 Å². The lowest BCUT2D eigenvalue weighted by atomic mass is 10.0. The smallest absolute Gasteiger partial charge is 0.240 e. The standard InChI is InChI=1S/C8H12N2O2/c11-8-4-3-7-6(9-10-8)2-1-5-12-7/h7H,1-5H2,(H,10,11). The van der Waals surface area contributed by atoms with E-state index in [1.807, 2.05) is 0 Å². The number of hydrogen-bond donors (Lipinski definition) is 1. The number of ether oxygens (including phenoxy) is 1. The molecule has 66 valence electrons. The van der Waals surface area contributed by atoms with Gasteiger partial charge in [0, 0.05) is 13.0 Å². The zero-order chi connectivity index (χ0) is 8.39. The molecule has 2 aliphatic heterocycles. The summed E-state index contributed by atoms with van der Waals surface area (Å²) in [5.74, 6) is 0.000463. The Kier molecular flexibility index (Phi) is 2.08. The van der Waals surface area contributed by atoms with E-state index in [9.17, 15) is 4.79 Å². The van der Waals surface area contributed by atoms with Gasteiger partial charge in [0.25, 0.3) is 0 Å². The summed E-state index contributed by atoms with van der Waals surface area (Å²) in [7, 11) is 0. The largest absolute Gasteiger partial charge is 0.372 e. The number of nitrogens with one attached hydrogen (secondary N) is 1. The monoisotopic (exact) mass is 168 g/mol. The molecular formula is C8H12N2O2. The molecule has 1 N–H and O–H groups in total. The van der Waals surface area contributed by atoms with Crippen molar-refractivity contribution in [3.05, 3.63) is 0 Å². The first-order valence-electron chi connectivity index (χ1n) is 4.33. The Balaban J connectivity index is 2.10. The lowest BCUT2D eigenvalue weighted by Gasteiger charge is -2.22. The molecule has 4 heteroatoms. The number of nitrogens with zero attached hydrogens (tertiary/aromatic N) is 1. The highest BCUT2D eigenvalue weighted by Crippen LogP contribution is 2.16. The third-order valence-electron chi connectivity index (χ3n) is 2.23. The summed E-state index contributed by atoms with van der Waals surface area (Å²) in [5.41, 5.74) is 3.52. The molecule has 0 aliphatic carbocycles. The molecule has 0 saturated carbocycles. The van der Waals surface area contributed by atoms with Gasteiger partial charge in [0.05, 0.1) is 11.8 Å². The average Bonchev–Trinajstić information content (AvgIpc) is 2.29. The summed E-state index contributed by atoms with van der Waals surface area (Å²) < 4.78 is 5.49. The zero-order valence-corrected chi connectivity index (χ0v) is 6.88. The van der Waals surface area contributed by atoms with Gasteiger partial charge in [-0.2, -0.15) is 5.10 Å². The molecular weight excluding hydrogens is 156 g/mol. The van der Waals surface area contributed by atoms with Gasteiger partial charge in [0.2, 0.25) is 5.91 Å². The fourth-order valence-corrected chi connectivity index (χ4v) is 1.57. The van der Waals surface area contributed by atoms with Crippen LogP contribution in [0.15, 0.2) is 5.10 Å². The summed E-state index contributed by atoms with van der Waals surface area (Å²) in [4.78, 5) is 11.0. The molecule has 0 bridgehead atoms. The maximum Gasteiger partial charge on any atom is 0.240 e. The third kappa shape index (κ3) is 1.48. The van der Waals surface area contributed by atoms with Gasteiger partial charge in [-0.15, -0.1) is 0 Å². The number of fused-ring (bicyclic) bond motifs is 1. The van der Waals surface area contributed by atoms with Crippen molar-refractivity contribution < 1.29 is 9.53 Å². The van der Waals surface area contributed by atoms with Crippen molar-refractivity contribution in [2.24, 2.45) is 5.10 Å². The Morgan fingerprint density at radius 2 is 2.42 bits per heavy atom. The fourth-order valence-electron chi connectivity index (χ4n) is 1.57. The minimum absolute atomic E-state index is 0.000463. The van der Waals surface area contributed by atoms with Gasteiger partial charge in [-0.05, 0) is 19.3 Å². The van der Waals surface area contributed by atoms with E-state index in [-0.39, 0.29) is 12.0 Å². The molecule has 1 unspecified atom stereocenters. The number of amides is 1. The molecule has 2 rings (SSSR count). The number of hydrogen-bond acceptors (Lipinski definition) is 3. The zero-order valence-electron chi connectivity index (χ0n) is 6.88. The first-order valence-corrected chi connectivity index (χ1v) is 4.33. The highest BCUT2D eigenvalue weighted by atomic mass is 16.5. The maximum absolute atomic E-state index is 11.0. The normalized spacial score (nSPS) is 29.8. The quantitative estimate of drug-likeness (QED) is 0.570. The molecule has 0 radical (unpaired) electrons. The summed E-state index contributed by atoms with van der Waals surface area (Å²) in [6.07, 6.45) is 3.39. The van der Waals surface area contributed by atoms with E-state index in [1.54, 1.807) is 0 Å². The summed E-state index contributed by atoms with van der Waals surface area (Å²) in [6.45, 7) is 0.803. The van der Waals surface area contributed by atoms with Crippen LogP contribution < -0.4 is 5.43 Å². The molecule has 0 spiro atoms. The van der Waals surface area contributed by atoms with Crippen molar-refractivity contribution in [2.75, 3.05) is 6.61 Å². The highest BCUT2D eigenvalue weighted by molar-refractivity contribution is 5.92. The Morgan fingerprint density at radius 1 is 1.50 bits per heavy atom. The second kappa shape index (κ2) is 3.23. The van der Waals surface area contributed by atoms with Crippen molar-refractivity contribution in [1.29, 1.82) is 0 Å². The fraction of sp³-hybridized carbons (Fsp3) is 0.750. The van der Waals surface area contributed by atoms with Crippen LogP contribution in [0.4, 0.5) is 0 Å². The molecule has 4 nitrogen and oxygen atoms in total. The SMILES string of the molecule is O=C1CCC2OCCCC2=NN1. The Morgan fingerprint density at radius 3 is 3.33 bits per heavy atom. The molecule has 12 heavy (non-hydrogen) atoms. The highest BCUT2D eigenvalue weighted by Gasteiger charge is 2.24. The Labute approximate surface area is 71.0 Å². The van der Waals surface area contributed by atoms with E-state index < -0.39 is 0 Å². The lowest BCUT2D eigenvalue weighted by molar-refractivity contribution is -0.121. The predicted molar refractivity (Wildman–Crippen MR) is 43.8 cm³/mol. The summed E-state index contributed by atoms with van der Waals surface area (Å²) in [6, 6.07) is 0. The molecule has 2 heterocycles. The van der Waals surface area contributed by atoms with E-state index in [4.69, 9.17) is 4.74 Å². The van der Waals surface area contributed by atoms with Gasteiger partial charge in [0.15, 0.2) is 0 Å². The van der Waals surface area contributed by atoms with Crippen molar-refractivity contribution >= 4 is 11.6 Å². The third-order valence-corrected chi connectivity index (χ3v) is 2.23. The van der Waals surface area contributed by atoms with E-state index in [0.717, 1.165) is 31.6 Å². The average molecular weight is 168 g/mol. The molecule has 1 amide bonds. The molecule has 1 atom stereocenters. The van der Waals surface area contributed by atoms with Crippen LogP contribution in [0.3, 0.4) is 0 Å². The minimum atomic E-state index is 0.000463. The Bertz CT molecular complexity index is 225. The maximum atomic E-state index is 11.0. The van der Waals surface area contributed by atoms with E-state index in [2.05, 4.69) is 10.5 Å². The number of hydrazone groups is 1. The number of carbonyl (C=O) groups is 1. The second-order valence-corrected chi connectivity index (χ2v) is 3.14. The minimum Gasteiger partial charge on any atom is -0.372 e. The Hall–Kier alpha value is -0.900. The topological polar surface area (TPSA) is 50.7 Å². The van der Waals surface area contributed by atoms with Crippen molar-refractivity contribution in [3.8, 4) is 0 Å². The summed E-state index contributed by atoms with van der Waals surface area (Å²) in [5, 5.41) is 4.02. The lowest BCUT2D eigenvalue weighted by Crippen LogP contribution is -2.29. The predicted octanol–water partition coefficient (Wildman–Crippen LogP) is 0.431. The first kappa shape index (κ1) is 7.73.